The molecule has 0 amide bonds. The van der Waals surface area contributed by atoms with Gasteiger partial charge in [-0.3, -0.25) is 0 Å². The smallest absolute Gasteiger partial charge is 0.474 e. The van der Waals surface area contributed by atoms with E-state index in [-0.39, 0.29) is 17.7 Å². The Kier molecular flexibility index (Phi) is 5.63. The number of rotatable bonds is 3. The molecule has 0 radical (unpaired) electrons. The molecule has 0 aliphatic carbocycles. The first kappa shape index (κ1) is 20.5. The Labute approximate surface area is 149 Å². The maximum atomic E-state index is 13.3. The van der Waals surface area contributed by atoms with E-state index in [1.807, 2.05) is 0 Å². The van der Waals surface area contributed by atoms with Crippen molar-refractivity contribution in [3.63, 3.8) is 0 Å². The lowest BCUT2D eigenvalue weighted by atomic mass is 9.98. The summed E-state index contributed by atoms with van der Waals surface area (Å²) in [5.41, 5.74) is -1.36. The summed E-state index contributed by atoms with van der Waals surface area (Å²) in [6.07, 6.45) is -11.9. The molecule has 1 atom stereocenters. The summed E-state index contributed by atoms with van der Waals surface area (Å²) in [4.78, 5) is 11.9. The SMILES string of the molecule is CC#Cc1cc(OC(F)(F)F)cc2c1OC(C(F)(F)F)C(C(=O)OCC)=C2. The van der Waals surface area contributed by atoms with Crippen LogP contribution in [0.15, 0.2) is 17.7 Å². The van der Waals surface area contributed by atoms with Crippen LogP contribution in [0.4, 0.5) is 26.3 Å². The summed E-state index contributed by atoms with van der Waals surface area (Å²) >= 11 is 0. The third-order valence-electron chi connectivity index (χ3n) is 3.22. The standard InChI is InChI=1S/C17H12F6O4/c1-3-5-9-6-11(27-17(21,22)23)7-10-8-12(15(24)25-4-2)14(16(18,19)20)26-13(9)10/h6-8,14H,4H2,1-2H3. The van der Waals surface area contributed by atoms with Gasteiger partial charge in [0.2, 0.25) is 6.10 Å². The van der Waals surface area contributed by atoms with Crippen LogP contribution in [0.1, 0.15) is 25.0 Å². The van der Waals surface area contributed by atoms with E-state index in [1.54, 1.807) is 0 Å². The number of carbonyl (C=O) groups is 1. The number of carbonyl (C=O) groups excluding carboxylic acids is 1. The predicted molar refractivity (Wildman–Crippen MR) is 80.8 cm³/mol. The Bertz CT molecular complexity index is 827. The van der Waals surface area contributed by atoms with Gasteiger partial charge in [-0.15, -0.1) is 19.1 Å². The summed E-state index contributed by atoms with van der Waals surface area (Å²) in [7, 11) is 0. The van der Waals surface area contributed by atoms with Crippen LogP contribution in [-0.4, -0.2) is 31.2 Å². The molecule has 0 N–H and O–H groups in total. The van der Waals surface area contributed by atoms with Crippen molar-refractivity contribution in [3.8, 4) is 23.3 Å². The van der Waals surface area contributed by atoms with E-state index in [1.165, 1.54) is 13.8 Å². The second-order valence-electron chi connectivity index (χ2n) is 5.17. The molecule has 27 heavy (non-hydrogen) atoms. The number of halogens is 6. The topological polar surface area (TPSA) is 44.8 Å². The third-order valence-corrected chi connectivity index (χ3v) is 3.22. The summed E-state index contributed by atoms with van der Waals surface area (Å²) < 4.78 is 90.7. The van der Waals surface area contributed by atoms with Gasteiger partial charge < -0.3 is 14.2 Å². The van der Waals surface area contributed by atoms with E-state index in [0.29, 0.717) is 0 Å². The Morgan fingerprint density at radius 2 is 1.89 bits per heavy atom. The molecular weight excluding hydrogens is 382 g/mol. The Morgan fingerprint density at radius 1 is 1.22 bits per heavy atom. The molecule has 4 nitrogen and oxygen atoms in total. The molecule has 0 bridgehead atoms. The van der Waals surface area contributed by atoms with E-state index >= 15 is 0 Å². The van der Waals surface area contributed by atoms with Gasteiger partial charge in [0.05, 0.1) is 17.7 Å². The minimum absolute atomic E-state index is 0.197. The van der Waals surface area contributed by atoms with Gasteiger partial charge in [0, 0.05) is 5.56 Å². The van der Waals surface area contributed by atoms with E-state index < -0.39 is 41.7 Å². The molecule has 2 rings (SSSR count). The number of ether oxygens (including phenoxy) is 3. The van der Waals surface area contributed by atoms with Crippen molar-refractivity contribution in [2.75, 3.05) is 6.61 Å². The highest BCUT2D eigenvalue weighted by atomic mass is 19.4. The Balaban J connectivity index is 2.65. The van der Waals surface area contributed by atoms with Crippen LogP contribution < -0.4 is 9.47 Å². The summed E-state index contributed by atoms with van der Waals surface area (Å²) in [5.74, 6) is 2.32. The lowest BCUT2D eigenvalue weighted by Crippen LogP contribution is -2.41. The van der Waals surface area contributed by atoms with E-state index in [9.17, 15) is 31.1 Å². The number of hydrogen-bond donors (Lipinski definition) is 0. The summed E-state index contributed by atoms with van der Waals surface area (Å²) in [6.45, 7) is 2.54. The van der Waals surface area contributed by atoms with Crippen molar-refractivity contribution in [1.29, 1.82) is 0 Å². The fraction of sp³-hybridized carbons (Fsp3) is 0.353. The average Bonchev–Trinajstić information content (AvgIpc) is 2.51. The zero-order chi connectivity index (χ0) is 20.4. The first-order valence-electron chi connectivity index (χ1n) is 7.45. The summed E-state index contributed by atoms with van der Waals surface area (Å²) in [5, 5.41) is 0. The van der Waals surface area contributed by atoms with E-state index in [2.05, 4.69) is 21.3 Å². The maximum Gasteiger partial charge on any atom is 0.573 e. The zero-order valence-electron chi connectivity index (χ0n) is 13.9. The zero-order valence-corrected chi connectivity index (χ0v) is 13.9. The van der Waals surface area contributed by atoms with Crippen LogP contribution in [0.2, 0.25) is 0 Å². The normalized spacial score (nSPS) is 16.3. The highest BCUT2D eigenvalue weighted by molar-refractivity contribution is 5.96. The molecule has 0 saturated carbocycles. The fourth-order valence-corrected chi connectivity index (χ4v) is 2.33. The Morgan fingerprint density at radius 3 is 2.41 bits per heavy atom. The maximum absolute atomic E-state index is 13.3. The van der Waals surface area contributed by atoms with E-state index in [4.69, 9.17) is 4.74 Å². The number of benzene rings is 1. The van der Waals surface area contributed by atoms with Crippen LogP contribution in [0.3, 0.4) is 0 Å². The van der Waals surface area contributed by atoms with Crippen molar-refractivity contribution in [1.82, 2.24) is 0 Å². The molecule has 10 heteroatoms. The van der Waals surface area contributed by atoms with Gasteiger partial charge in [-0.05, 0) is 32.1 Å². The van der Waals surface area contributed by atoms with Gasteiger partial charge in [-0.2, -0.15) is 13.2 Å². The van der Waals surface area contributed by atoms with Crippen LogP contribution in [-0.2, 0) is 9.53 Å². The Hall–Kier alpha value is -2.83. The first-order chi connectivity index (χ1) is 12.5. The van der Waals surface area contributed by atoms with Gasteiger partial charge in [-0.25, -0.2) is 4.79 Å². The van der Waals surface area contributed by atoms with E-state index in [0.717, 1.165) is 18.2 Å². The molecule has 1 aromatic carbocycles. The van der Waals surface area contributed by atoms with Crippen molar-refractivity contribution in [3.05, 3.63) is 28.8 Å². The second kappa shape index (κ2) is 7.42. The van der Waals surface area contributed by atoms with Gasteiger partial charge in [0.15, 0.2) is 0 Å². The van der Waals surface area contributed by atoms with Crippen molar-refractivity contribution < 1.29 is 45.3 Å². The second-order valence-corrected chi connectivity index (χ2v) is 5.17. The summed E-state index contributed by atoms with van der Waals surface area (Å²) in [6, 6.07) is 1.61. The quantitative estimate of drug-likeness (QED) is 0.437. The highest BCUT2D eigenvalue weighted by Gasteiger charge is 2.49. The number of fused-ring (bicyclic) bond motifs is 1. The van der Waals surface area contributed by atoms with Crippen LogP contribution in [0.25, 0.3) is 6.08 Å². The lowest BCUT2D eigenvalue weighted by molar-refractivity contribution is -0.274. The molecule has 1 aliphatic rings. The van der Waals surface area contributed by atoms with Crippen LogP contribution in [0.5, 0.6) is 11.5 Å². The molecule has 1 unspecified atom stereocenters. The molecular formula is C17H12F6O4. The van der Waals surface area contributed by atoms with Crippen molar-refractivity contribution in [2.24, 2.45) is 0 Å². The molecule has 1 aromatic rings. The average molecular weight is 394 g/mol. The van der Waals surface area contributed by atoms with Crippen molar-refractivity contribution >= 4 is 12.0 Å². The molecule has 146 valence electrons. The van der Waals surface area contributed by atoms with Gasteiger partial charge in [-0.1, -0.05) is 5.92 Å². The van der Waals surface area contributed by atoms with Crippen LogP contribution >= 0.6 is 0 Å². The van der Waals surface area contributed by atoms with Gasteiger partial charge in [0.1, 0.15) is 11.5 Å². The highest BCUT2D eigenvalue weighted by Crippen LogP contribution is 2.41. The monoisotopic (exact) mass is 394 g/mol. The molecule has 0 saturated heterocycles. The largest absolute Gasteiger partial charge is 0.573 e. The minimum atomic E-state index is -5.02. The fourth-order valence-electron chi connectivity index (χ4n) is 2.33. The molecule has 0 spiro atoms. The molecule has 0 fully saturated rings. The number of hydrogen-bond acceptors (Lipinski definition) is 4. The van der Waals surface area contributed by atoms with Gasteiger partial charge >= 0.3 is 18.5 Å². The van der Waals surface area contributed by atoms with Gasteiger partial charge in [0.25, 0.3) is 0 Å². The third kappa shape index (κ3) is 4.87. The molecule has 0 aromatic heterocycles. The lowest BCUT2D eigenvalue weighted by Gasteiger charge is -2.28. The minimum Gasteiger partial charge on any atom is -0.474 e. The number of esters is 1. The van der Waals surface area contributed by atoms with Crippen molar-refractivity contribution in [2.45, 2.75) is 32.5 Å². The van der Waals surface area contributed by atoms with Crippen LogP contribution in [0, 0.1) is 11.8 Å². The molecule has 1 aliphatic heterocycles. The molecule has 1 heterocycles. The number of alkyl halides is 6. The first-order valence-corrected chi connectivity index (χ1v) is 7.45. The predicted octanol–water partition coefficient (Wildman–Crippen LogP) is 4.23.